The van der Waals surface area contributed by atoms with E-state index < -0.39 is 16.9 Å². The van der Waals surface area contributed by atoms with Crippen LogP contribution in [0.5, 0.6) is 0 Å². The van der Waals surface area contributed by atoms with Crippen molar-refractivity contribution in [2.75, 3.05) is 11.9 Å². The highest BCUT2D eigenvalue weighted by Gasteiger charge is 2.22. The van der Waals surface area contributed by atoms with Crippen LogP contribution in [0.4, 0.5) is 15.9 Å². The maximum atomic E-state index is 15.3. The van der Waals surface area contributed by atoms with E-state index in [4.69, 9.17) is 0 Å². The normalized spacial score (nSPS) is 12.0. The van der Waals surface area contributed by atoms with Crippen molar-refractivity contribution in [1.29, 1.82) is 0 Å². The van der Waals surface area contributed by atoms with Crippen molar-refractivity contribution in [2.45, 2.75) is 52.5 Å². The predicted octanol–water partition coefficient (Wildman–Crippen LogP) is 5.38. The van der Waals surface area contributed by atoms with Gasteiger partial charge in [0.15, 0.2) is 6.29 Å². The van der Waals surface area contributed by atoms with Crippen LogP contribution in [0.3, 0.4) is 0 Å². The Morgan fingerprint density at radius 1 is 0.956 bits per heavy atom. The molecule has 3 aromatic heterocycles. The molecule has 2 aromatic carbocycles. The Morgan fingerprint density at radius 3 is 2.36 bits per heavy atom. The number of rotatable bonds is 8. The molecule has 0 aliphatic rings. The molecule has 0 fully saturated rings. The van der Waals surface area contributed by atoms with Gasteiger partial charge >= 0.3 is 0 Å². The summed E-state index contributed by atoms with van der Waals surface area (Å²) in [4.78, 5) is 43.6. The Labute approximate surface area is 260 Å². The van der Waals surface area contributed by atoms with E-state index in [1.54, 1.807) is 36.5 Å². The number of benzene rings is 2. The molecule has 0 aliphatic carbocycles. The highest BCUT2D eigenvalue weighted by Crippen LogP contribution is 2.29. The van der Waals surface area contributed by atoms with E-state index in [1.165, 1.54) is 25.4 Å². The molecule has 0 atom stereocenters. The van der Waals surface area contributed by atoms with Crippen LogP contribution in [-0.2, 0) is 18.0 Å². The third-order valence-electron chi connectivity index (χ3n) is 7.84. The molecule has 3 heterocycles. The molecule has 5 aromatic rings. The molecule has 0 bridgehead atoms. The summed E-state index contributed by atoms with van der Waals surface area (Å²) >= 11 is 0. The first kappa shape index (κ1) is 31.4. The average molecular weight is 610 g/mol. The minimum atomic E-state index is -0.701. The maximum absolute atomic E-state index is 15.3. The minimum absolute atomic E-state index is 0.100. The van der Waals surface area contributed by atoms with Gasteiger partial charge in [0.2, 0.25) is 0 Å². The number of aldehydes is 1. The molecule has 0 saturated carbocycles. The van der Waals surface area contributed by atoms with Gasteiger partial charge in [-0.25, -0.2) is 14.1 Å². The maximum Gasteiger partial charge on any atom is 0.290 e. The van der Waals surface area contributed by atoms with Crippen molar-refractivity contribution in [1.82, 2.24) is 29.9 Å². The van der Waals surface area contributed by atoms with Gasteiger partial charge in [0.25, 0.3) is 11.1 Å². The minimum Gasteiger partial charge on any atom is -0.336 e. The molecular formula is C34H36FN7O3. The molecule has 0 unspecified atom stereocenters. The molecule has 10 nitrogen and oxygen atoms in total. The monoisotopic (exact) mass is 609 g/mol. The third-order valence-corrected chi connectivity index (χ3v) is 7.84. The number of hydrogen-bond donors (Lipinski definition) is 2. The zero-order valence-corrected chi connectivity index (χ0v) is 26.4. The number of carbonyl (C=O) groups is 1. The first-order valence-corrected chi connectivity index (χ1v) is 14.6. The molecule has 11 heteroatoms. The van der Waals surface area contributed by atoms with Gasteiger partial charge in [0, 0.05) is 35.3 Å². The van der Waals surface area contributed by atoms with Crippen LogP contribution in [0.1, 0.15) is 63.0 Å². The van der Waals surface area contributed by atoms with Crippen LogP contribution in [0.25, 0.3) is 27.7 Å². The zero-order valence-electron chi connectivity index (χ0n) is 26.4. The van der Waals surface area contributed by atoms with Crippen LogP contribution >= 0.6 is 0 Å². The Bertz CT molecular complexity index is 2040. The average Bonchev–Trinajstić information content (AvgIpc) is 2.98. The van der Waals surface area contributed by atoms with Crippen molar-refractivity contribution in [3.63, 3.8) is 0 Å². The summed E-state index contributed by atoms with van der Waals surface area (Å²) in [6.07, 6.45) is 3.75. The smallest absolute Gasteiger partial charge is 0.290 e. The van der Waals surface area contributed by atoms with Gasteiger partial charge in [-0.3, -0.25) is 14.4 Å². The second-order valence-corrected chi connectivity index (χ2v) is 12.5. The summed E-state index contributed by atoms with van der Waals surface area (Å²) in [5.41, 5.74) is 1.09. The van der Waals surface area contributed by atoms with E-state index in [9.17, 15) is 14.4 Å². The Morgan fingerprint density at radius 2 is 1.71 bits per heavy atom. The van der Waals surface area contributed by atoms with Gasteiger partial charge < -0.3 is 10.6 Å². The van der Waals surface area contributed by atoms with Crippen LogP contribution in [0.2, 0.25) is 0 Å². The van der Waals surface area contributed by atoms with Gasteiger partial charge in [0.05, 0.1) is 23.0 Å². The molecule has 232 valence electrons. The van der Waals surface area contributed by atoms with Crippen LogP contribution in [0, 0.1) is 5.82 Å². The first-order chi connectivity index (χ1) is 21.2. The van der Waals surface area contributed by atoms with Crippen molar-refractivity contribution in [3.05, 3.63) is 104 Å². The number of carbonyl (C=O) groups excluding carboxylic acids is 1. The molecule has 0 amide bonds. The number of aryl methyl sites for hydroxylation is 1. The van der Waals surface area contributed by atoms with E-state index in [1.807, 2.05) is 33.8 Å². The fourth-order valence-electron chi connectivity index (χ4n) is 5.27. The topological polar surface area (TPSA) is 124 Å². The molecule has 0 aliphatic heterocycles. The van der Waals surface area contributed by atoms with Gasteiger partial charge in [0.1, 0.15) is 17.3 Å². The zero-order chi connectivity index (χ0) is 32.7. The van der Waals surface area contributed by atoms with Crippen molar-refractivity contribution >= 4 is 28.6 Å². The summed E-state index contributed by atoms with van der Waals surface area (Å²) in [5, 5.41) is 15.4. The molecule has 5 rings (SSSR count). The van der Waals surface area contributed by atoms with Gasteiger partial charge in [-0.1, -0.05) is 45.9 Å². The van der Waals surface area contributed by atoms with Crippen molar-refractivity contribution in [3.8, 4) is 16.9 Å². The second-order valence-electron chi connectivity index (χ2n) is 12.5. The van der Waals surface area contributed by atoms with E-state index in [0.717, 1.165) is 27.0 Å². The van der Waals surface area contributed by atoms with Crippen LogP contribution < -0.4 is 21.8 Å². The number of hydrogen-bond acceptors (Lipinski definition) is 8. The summed E-state index contributed by atoms with van der Waals surface area (Å²) in [5.74, 6) is -0.210. The van der Waals surface area contributed by atoms with E-state index >= 15 is 4.39 Å². The Kier molecular flexibility index (Phi) is 8.24. The molecule has 0 spiro atoms. The quantitative estimate of drug-likeness (QED) is 0.225. The second kappa shape index (κ2) is 11.8. The number of pyridine rings is 1. The highest BCUT2D eigenvalue weighted by atomic mass is 19.1. The van der Waals surface area contributed by atoms with Gasteiger partial charge in [-0.2, -0.15) is 14.9 Å². The lowest BCUT2D eigenvalue weighted by atomic mass is 9.86. The lowest BCUT2D eigenvalue weighted by Gasteiger charge is -2.26. The van der Waals surface area contributed by atoms with Crippen molar-refractivity contribution < 1.29 is 9.18 Å². The van der Waals surface area contributed by atoms with E-state index in [0.29, 0.717) is 28.7 Å². The summed E-state index contributed by atoms with van der Waals surface area (Å²) < 4.78 is 17.5. The number of aromatic nitrogens is 5. The molecule has 0 radical (unpaired) electrons. The standard InChI is InChI=1S/C34H36FN7O3/c1-8-37-34(5,6)21-12-13-29(36-18-21)39-27-16-26(40-41(7)31(27)44)23-10-9-11-28(24(23)19-43)42-32(45)30-20(17-38-42)14-22(15-25(30)35)33(2,3)4/h9-19,37H,8H2,1-7H3,(H,36,39). The lowest BCUT2D eigenvalue weighted by molar-refractivity contribution is 0.112. The molecule has 0 saturated heterocycles. The van der Waals surface area contributed by atoms with Crippen molar-refractivity contribution in [2.24, 2.45) is 7.05 Å². The number of halogens is 1. The van der Waals surface area contributed by atoms with Crippen LogP contribution in [-0.4, -0.2) is 37.4 Å². The molecule has 45 heavy (non-hydrogen) atoms. The lowest BCUT2D eigenvalue weighted by Crippen LogP contribution is -2.36. The Balaban J connectivity index is 1.58. The van der Waals surface area contributed by atoms with E-state index in [2.05, 4.69) is 39.7 Å². The number of anilines is 2. The summed E-state index contributed by atoms with van der Waals surface area (Å²) in [6.45, 7) is 12.8. The number of nitrogens with one attached hydrogen (secondary N) is 2. The highest BCUT2D eigenvalue weighted by molar-refractivity contribution is 5.92. The Hall–Kier alpha value is -5.03. The van der Waals surface area contributed by atoms with E-state index in [-0.39, 0.29) is 33.3 Å². The predicted molar refractivity (Wildman–Crippen MR) is 174 cm³/mol. The SMILES string of the molecule is CCNC(C)(C)c1ccc(Nc2cc(-c3cccc(-n4ncc5cc(C(C)(C)C)cc(F)c5c4=O)c3C=O)nn(C)c2=O)nc1. The third kappa shape index (κ3) is 6.03. The number of nitrogens with zero attached hydrogens (tertiary/aromatic N) is 5. The van der Waals surface area contributed by atoms with Gasteiger partial charge in [-0.15, -0.1) is 0 Å². The molecular weight excluding hydrogens is 573 g/mol. The van der Waals surface area contributed by atoms with Crippen LogP contribution in [0.15, 0.2) is 70.5 Å². The fourth-order valence-corrected chi connectivity index (χ4v) is 5.27. The van der Waals surface area contributed by atoms with Gasteiger partial charge in [-0.05, 0) is 67.3 Å². The largest absolute Gasteiger partial charge is 0.336 e. The number of fused-ring (bicyclic) bond motifs is 1. The fraction of sp³-hybridized carbons (Fsp3) is 0.294. The first-order valence-electron chi connectivity index (χ1n) is 14.6. The molecule has 2 N–H and O–H groups in total. The summed E-state index contributed by atoms with van der Waals surface area (Å²) in [7, 11) is 1.50. The summed E-state index contributed by atoms with van der Waals surface area (Å²) in [6, 6.07) is 13.2.